The van der Waals surface area contributed by atoms with Crippen LogP contribution in [0.3, 0.4) is 0 Å². The highest BCUT2D eigenvalue weighted by Gasteiger charge is 2.51. The van der Waals surface area contributed by atoms with E-state index in [1.165, 1.54) is 138 Å². The molecule has 0 aromatic carbocycles. The van der Waals surface area contributed by atoms with Gasteiger partial charge in [-0.2, -0.15) is 0 Å². The molecule has 3 heterocycles. The lowest BCUT2D eigenvalue weighted by molar-refractivity contribution is 0.431. The summed E-state index contributed by atoms with van der Waals surface area (Å²) in [5, 5.41) is 5.35. The van der Waals surface area contributed by atoms with Gasteiger partial charge in [-0.25, -0.2) is 0 Å². The number of hydrogen-bond donors (Lipinski definition) is 0. The van der Waals surface area contributed by atoms with E-state index >= 15 is 0 Å². The zero-order chi connectivity index (χ0) is 29.8. The van der Waals surface area contributed by atoms with Crippen LogP contribution in [0.25, 0.3) is 9.75 Å². The number of thiophene rings is 2. The second-order valence-corrected chi connectivity index (χ2v) is 20.2. The summed E-state index contributed by atoms with van der Waals surface area (Å²) >= 11 is 4.18. The first-order valence-corrected chi connectivity index (χ1v) is 22.0. The maximum absolute atomic E-state index is 2.76. The molecule has 0 nitrogen and oxygen atoms in total. The molecule has 1 aliphatic carbocycles. The molecule has 2 aromatic rings. The molecule has 0 spiro atoms. The van der Waals surface area contributed by atoms with Crippen LogP contribution in [-0.4, -0.2) is 8.07 Å². The molecule has 0 saturated heterocycles. The SMILES string of the molecule is CCCCCCCCC(CCCCCC)C[Si]1(C2=CCC(CCCCCCC)C=C2)c2cc(C)sc2-c2sc(C)cc21. The number of fused-ring (bicyclic) bond motifs is 3. The minimum absolute atomic E-state index is 0.753. The topological polar surface area (TPSA) is 0 Å². The van der Waals surface area contributed by atoms with Crippen molar-refractivity contribution in [3.05, 3.63) is 45.3 Å². The Balaban J connectivity index is 1.59. The largest absolute Gasteiger partial charge is 0.152 e. The van der Waals surface area contributed by atoms with Crippen molar-refractivity contribution in [3.63, 3.8) is 0 Å². The first-order valence-electron chi connectivity index (χ1n) is 18.1. The predicted octanol–water partition coefficient (Wildman–Crippen LogP) is 12.7. The first kappa shape index (κ1) is 34.0. The van der Waals surface area contributed by atoms with Gasteiger partial charge in [0.25, 0.3) is 0 Å². The summed E-state index contributed by atoms with van der Waals surface area (Å²) in [5.41, 5.74) is 0. The molecule has 0 bridgehead atoms. The Labute approximate surface area is 269 Å². The van der Waals surface area contributed by atoms with E-state index in [9.17, 15) is 0 Å². The van der Waals surface area contributed by atoms with Crippen LogP contribution in [0.4, 0.5) is 0 Å². The van der Waals surface area contributed by atoms with E-state index in [0.717, 1.165) is 11.8 Å². The van der Waals surface area contributed by atoms with Crippen LogP contribution in [-0.2, 0) is 0 Å². The van der Waals surface area contributed by atoms with Gasteiger partial charge in [-0.05, 0) is 67.1 Å². The second-order valence-electron chi connectivity index (χ2n) is 13.8. The molecule has 2 aromatic heterocycles. The Morgan fingerprint density at radius 3 is 1.71 bits per heavy atom. The van der Waals surface area contributed by atoms with Crippen LogP contribution in [0.2, 0.25) is 6.04 Å². The summed E-state index contributed by atoms with van der Waals surface area (Å²) in [6, 6.07) is 6.75. The molecule has 234 valence electrons. The number of rotatable bonds is 21. The lowest BCUT2D eigenvalue weighted by Crippen LogP contribution is -2.57. The van der Waals surface area contributed by atoms with Gasteiger partial charge in [0.2, 0.25) is 0 Å². The fourth-order valence-corrected chi connectivity index (χ4v) is 17.2. The molecule has 2 unspecified atom stereocenters. The molecule has 0 amide bonds. The monoisotopic (exact) mass is 622 g/mol. The van der Waals surface area contributed by atoms with E-state index in [1.807, 2.05) is 0 Å². The molecular formula is C39H62S2Si. The standard InChI is InChI=1S/C39H62S2Si/c1-6-9-12-15-17-20-23-34(22-18-14-11-8-3)30-42(35-26-24-33(25-27-35)21-19-16-13-10-7-2)36-28-31(4)40-38(36)39-37(42)29-32(5)41-39/h24,26-29,33-34H,6-23,25,30H2,1-5H3. The molecule has 42 heavy (non-hydrogen) atoms. The zero-order valence-corrected chi connectivity index (χ0v) is 30.6. The number of unbranched alkanes of at least 4 members (excludes halogenated alkanes) is 12. The van der Waals surface area contributed by atoms with Gasteiger partial charge in [-0.15, -0.1) is 22.7 Å². The summed E-state index contributed by atoms with van der Waals surface area (Å²) in [5.74, 6) is 1.62. The lowest BCUT2D eigenvalue weighted by atomic mass is 9.94. The first-order chi connectivity index (χ1) is 20.5. The molecule has 0 radical (unpaired) electrons. The average Bonchev–Trinajstić information content (AvgIpc) is 3.63. The van der Waals surface area contributed by atoms with E-state index in [1.54, 1.807) is 25.3 Å². The van der Waals surface area contributed by atoms with Gasteiger partial charge in [-0.3, -0.25) is 0 Å². The van der Waals surface area contributed by atoms with Crippen molar-refractivity contribution in [3.8, 4) is 9.75 Å². The van der Waals surface area contributed by atoms with E-state index in [0.29, 0.717) is 0 Å². The Morgan fingerprint density at radius 1 is 0.690 bits per heavy atom. The quantitative estimate of drug-likeness (QED) is 0.0959. The zero-order valence-electron chi connectivity index (χ0n) is 28.0. The summed E-state index contributed by atoms with van der Waals surface area (Å²) in [4.78, 5) is 6.36. The molecule has 0 saturated carbocycles. The Morgan fingerprint density at radius 2 is 1.19 bits per heavy atom. The van der Waals surface area contributed by atoms with Gasteiger partial charge in [-0.1, -0.05) is 153 Å². The van der Waals surface area contributed by atoms with Crippen LogP contribution >= 0.6 is 22.7 Å². The molecule has 3 heteroatoms. The van der Waals surface area contributed by atoms with E-state index in [-0.39, 0.29) is 0 Å². The summed E-state index contributed by atoms with van der Waals surface area (Å²) in [6.07, 6.45) is 34.7. The molecule has 4 rings (SSSR count). The summed E-state index contributed by atoms with van der Waals surface area (Å²) in [6.45, 7) is 11.7. The number of aryl methyl sites for hydroxylation is 2. The maximum Gasteiger partial charge on any atom is 0.152 e. The summed E-state index contributed by atoms with van der Waals surface area (Å²) in [7, 11) is -2.03. The molecule has 0 N–H and O–H groups in total. The minimum atomic E-state index is -2.03. The van der Waals surface area contributed by atoms with Crippen molar-refractivity contribution in [2.75, 3.05) is 0 Å². The van der Waals surface area contributed by atoms with Crippen molar-refractivity contribution in [1.29, 1.82) is 0 Å². The summed E-state index contributed by atoms with van der Waals surface area (Å²) < 4.78 is 0. The number of allylic oxidation sites excluding steroid dienone is 4. The van der Waals surface area contributed by atoms with Crippen molar-refractivity contribution >= 4 is 41.1 Å². The Kier molecular flexibility index (Phi) is 14.2. The van der Waals surface area contributed by atoms with Crippen LogP contribution in [0.1, 0.15) is 153 Å². The third-order valence-electron chi connectivity index (χ3n) is 10.2. The molecule has 1 aliphatic heterocycles. The van der Waals surface area contributed by atoms with Gasteiger partial charge in [0, 0.05) is 19.5 Å². The predicted molar refractivity (Wildman–Crippen MR) is 196 cm³/mol. The highest BCUT2D eigenvalue weighted by atomic mass is 32.1. The van der Waals surface area contributed by atoms with Crippen LogP contribution in [0.15, 0.2) is 35.6 Å². The van der Waals surface area contributed by atoms with Crippen molar-refractivity contribution in [1.82, 2.24) is 0 Å². The third-order valence-corrected chi connectivity index (χ3v) is 18.0. The molecule has 2 atom stereocenters. The second kappa shape index (κ2) is 17.5. The van der Waals surface area contributed by atoms with Gasteiger partial charge < -0.3 is 0 Å². The van der Waals surface area contributed by atoms with Crippen molar-refractivity contribution in [2.45, 2.75) is 163 Å². The van der Waals surface area contributed by atoms with E-state index in [4.69, 9.17) is 0 Å². The van der Waals surface area contributed by atoms with Gasteiger partial charge >= 0.3 is 0 Å². The third kappa shape index (κ3) is 8.63. The molecule has 2 aliphatic rings. The molecule has 0 fully saturated rings. The van der Waals surface area contributed by atoms with Crippen LogP contribution < -0.4 is 10.4 Å². The van der Waals surface area contributed by atoms with Gasteiger partial charge in [0.05, 0.1) is 0 Å². The van der Waals surface area contributed by atoms with Crippen LogP contribution in [0, 0.1) is 25.7 Å². The minimum Gasteiger partial charge on any atom is -0.140 e. The van der Waals surface area contributed by atoms with Gasteiger partial charge in [0.15, 0.2) is 8.07 Å². The maximum atomic E-state index is 2.76. The fraction of sp³-hybridized carbons (Fsp3) is 0.692. The fourth-order valence-electron chi connectivity index (χ4n) is 7.85. The van der Waals surface area contributed by atoms with Gasteiger partial charge in [0.1, 0.15) is 0 Å². The highest BCUT2D eigenvalue weighted by molar-refractivity contribution is 7.30. The molecular weight excluding hydrogens is 561 g/mol. The number of hydrogen-bond acceptors (Lipinski definition) is 2. The van der Waals surface area contributed by atoms with E-state index in [2.05, 4.69) is 87.7 Å². The van der Waals surface area contributed by atoms with Crippen molar-refractivity contribution < 1.29 is 0 Å². The lowest BCUT2D eigenvalue weighted by Gasteiger charge is -2.36. The Bertz CT molecular complexity index is 1090. The van der Waals surface area contributed by atoms with E-state index < -0.39 is 8.07 Å². The normalized spacial score (nSPS) is 17.8. The highest BCUT2D eigenvalue weighted by Crippen LogP contribution is 2.46. The van der Waals surface area contributed by atoms with Crippen LogP contribution in [0.5, 0.6) is 0 Å². The van der Waals surface area contributed by atoms with Crippen molar-refractivity contribution in [2.24, 2.45) is 11.8 Å². The Hall–Kier alpha value is -0.903. The smallest absolute Gasteiger partial charge is 0.140 e. The average molecular weight is 623 g/mol.